The maximum Gasteiger partial charge on any atom is 0.435 e. The summed E-state index contributed by atoms with van der Waals surface area (Å²) in [6.45, 7) is 3.81. The van der Waals surface area contributed by atoms with E-state index in [1.54, 1.807) is 0 Å². The molecule has 0 spiro atoms. The van der Waals surface area contributed by atoms with Crippen LogP contribution >= 0.6 is 0 Å². The van der Waals surface area contributed by atoms with Crippen LogP contribution in [0.25, 0.3) is 0 Å². The molecule has 0 N–H and O–H groups in total. The number of rotatable bonds is 3. The molecule has 0 aliphatic heterocycles. The van der Waals surface area contributed by atoms with Crippen LogP contribution in [0.5, 0.6) is 0 Å². The third-order valence-electron chi connectivity index (χ3n) is 2.21. The first kappa shape index (κ1) is 12.6. The molecule has 0 unspecified atom stereocenters. The average Bonchev–Trinajstić information content (AvgIpc) is 2.85. The van der Waals surface area contributed by atoms with Crippen LogP contribution in [0.3, 0.4) is 0 Å². The van der Waals surface area contributed by atoms with Crippen LogP contribution < -0.4 is 0 Å². The fraction of sp³-hybridized carbons (Fsp3) is 0.500. The monoisotopic (exact) mass is 260 g/mol. The van der Waals surface area contributed by atoms with Crippen molar-refractivity contribution < 1.29 is 17.7 Å². The third kappa shape index (κ3) is 2.69. The van der Waals surface area contributed by atoms with Gasteiger partial charge in [0.1, 0.15) is 6.54 Å². The van der Waals surface area contributed by atoms with E-state index in [1.165, 1.54) is 6.20 Å². The standard InChI is InChI=1S/C10H11F3N4O/c1-6(2)9-14-8(16-18-9)5-17-4-3-7(15-17)10(11,12)13/h3-4,6H,5H2,1-2H3. The molecule has 0 atom stereocenters. The van der Waals surface area contributed by atoms with Gasteiger partial charge in [-0.1, -0.05) is 19.0 Å². The van der Waals surface area contributed by atoms with Gasteiger partial charge in [0.15, 0.2) is 11.5 Å². The average molecular weight is 260 g/mol. The summed E-state index contributed by atoms with van der Waals surface area (Å²) < 4.78 is 43.0. The minimum atomic E-state index is -4.44. The molecule has 0 amide bonds. The van der Waals surface area contributed by atoms with Crippen LogP contribution in [0.4, 0.5) is 13.2 Å². The van der Waals surface area contributed by atoms with E-state index in [0.717, 1.165) is 10.7 Å². The lowest BCUT2D eigenvalue weighted by Gasteiger charge is -2.00. The maximum atomic E-state index is 12.3. The van der Waals surface area contributed by atoms with E-state index < -0.39 is 11.9 Å². The molecule has 0 aliphatic carbocycles. The molecule has 0 saturated carbocycles. The topological polar surface area (TPSA) is 56.7 Å². The summed E-state index contributed by atoms with van der Waals surface area (Å²) in [5.41, 5.74) is -0.935. The third-order valence-corrected chi connectivity index (χ3v) is 2.21. The molecule has 2 aromatic heterocycles. The van der Waals surface area contributed by atoms with Crippen molar-refractivity contribution in [2.75, 3.05) is 0 Å². The van der Waals surface area contributed by atoms with Gasteiger partial charge in [0.2, 0.25) is 5.89 Å². The quantitative estimate of drug-likeness (QED) is 0.850. The Bertz CT molecular complexity index is 529. The summed E-state index contributed by atoms with van der Waals surface area (Å²) in [5.74, 6) is 0.832. The normalized spacial score (nSPS) is 12.3. The minimum Gasteiger partial charge on any atom is -0.339 e. The highest BCUT2D eigenvalue weighted by atomic mass is 19.4. The molecule has 0 aliphatic rings. The van der Waals surface area contributed by atoms with Gasteiger partial charge < -0.3 is 4.52 Å². The van der Waals surface area contributed by atoms with Gasteiger partial charge in [-0.15, -0.1) is 0 Å². The largest absolute Gasteiger partial charge is 0.435 e. The molecule has 0 fully saturated rings. The fourth-order valence-corrected chi connectivity index (χ4v) is 1.31. The summed E-state index contributed by atoms with van der Waals surface area (Å²) in [4.78, 5) is 4.06. The van der Waals surface area contributed by atoms with Crippen molar-refractivity contribution in [3.63, 3.8) is 0 Å². The van der Waals surface area contributed by atoms with Crippen LogP contribution in [-0.4, -0.2) is 19.9 Å². The van der Waals surface area contributed by atoms with Crippen molar-refractivity contribution in [1.82, 2.24) is 19.9 Å². The van der Waals surface area contributed by atoms with Gasteiger partial charge in [-0.05, 0) is 6.07 Å². The number of hydrogen-bond acceptors (Lipinski definition) is 4. The smallest absolute Gasteiger partial charge is 0.339 e. The van der Waals surface area contributed by atoms with E-state index in [9.17, 15) is 13.2 Å². The zero-order valence-electron chi connectivity index (χ0n) is 9.77. The second kappa shape index (κ2) is 4.43. The van der Waals surface area contributed by atoms with Crippen LogP contribution in [0.1, 0.15) is 37.2 Å². The zero-order valence-corrected chi connectivity index (χ0v) is 9.77. The summed E-state index contributed by atoms with van der Waals surface area (Å²) in [6.07, 6.45) is -3.21. The molecule has 0 radical (unpaired) electrons. The lowest BCUT2D eigenvalue weighted by Crippen LogP contribution is -2.09. The predicted molar refractivity (Wildman–Crippen MR) is 54.7 cm³/mol. The molecule has 0 saturated heterocycles. The highest BCUT2D eigenvalue weighted by Crippen LogP contribution is 2.27. The van der Waals surface area contributed by atoms with E-state index in [-0.39, 0.29) is 12.5 Å². The second-order valence-corrected chi connectivity index (χ2v) is 4.10. The van der Waals surface area contributed by atoms with Gasteiger partial charge in [0.05, 0.1) is 0 Å². The van der Waals surface area contributed by atoms with Crippen molar-refractivity contribution in [1.29, 1.82) is 0 Å². The molecule has 5 nitrogen and oxygen atoms in total. The maximum absolute atomic E-state index is 12.3. The first-order valence-corrected chi connectivity index (χ1v) is 5.29. The Balaban J connectivity index is 2.11. The number of hydrogen-bond donors (Lipinski definition) is 0. The van der Waals surface area contributed by atoms with Crippen LogP contribution in [-0.2, 0) is 12.7 Å². The number of alkyl halides is 3. The first-order valence-electron chi connectivity index (χ1n) is 5.29. The van der Waals surface area contributed by atoms with E-state index in [2.05, 4.69) is 15.2 Å². The Kier molecular flexibility index (Phi) is 3.10. The predicted octanol–water partition coefficient (Wildman–Crippen LogP) is 2.46. The Labute approximate surface area is 101 Å². The van der Waals surface area contributed by atoms with Gasteiger partial charge in [-0.2, -0.15) is 23.3 Å². The molecule has 98 valence electrons. The van der Waals surface area contributed by atoms with Crippen molar-refractivity contribution in [3.8, 4) is 0 Å². The molecule has 0 aromatic carbocycles. The molecule has 2 aromatic rings. The molecular weight excluding hydrogens is 249 g/mol. The lowest BCUT2D eigenvalue weighted by atomic mass is 10.2. The SMILES string of the molecule is CC(C)c1nc(Cn2ccc(C(F)(F)F)n2)no1. The van der Waals surface area contributed by atoms with Crippen molar-refractivity contribution in [2.24, 2.45) is 0 Å². The number of nitrogens with zero attached hydrogens (tertiary/aromatic N) is 4. The summed E-state index contributed by atoms with van der Waals surface area (Å²) >= 11 is 0. The lowest BCUT2D eigenvalue weighted by molar-refractivity contribution is -0.141. The molecule has 18 heavy (non-hydrogen) atoms. The summed E-state index contributed by atoms with van der Waals surface area (Å²) in [6, 6.07) is 0.906. The van der Waals surface area contributed by atoms with Crippen molar-refractivity contribution in [3.05, 3.63) is 29.7 Å². The highest BCUT2D eigenvalue weighted by molar-refractivity contribution is 5.04. The fourth-order valence-electron chi connectivity index (χ4n) is 1.31. The second-order valence-electron chi connectivity index (χ2n) is 4.10. The summed E-state index contributed by atoms with van der Waals surface area (Å²) in [5, 5.41) is 7.08. The van der Waals surface area contributed by atoms with E-state index >= 15 is 0 Å². The Hall–Kier alpha value is -1.86. The van der Waals surface area contributed by atoms with Crippen LogP contribution in [0.2, 0.25) is 0 Å². The molecule has 2 rings (SSSR count). The van der Waals surface area contributed by atoms with E-state index in [1.807, 2.05) is 13.8 Å². The van der Waals surface area contributed by atoms with E-state index in [4.69, 9.17) is 4.52 Å². The molecular formula is C10H11F3N4O. The first-order chi connectivity index (χ1) is 8.36. The minimum absolute atomic E-state index is 0.0479. The Morgan fingerprint density at radius 3 is 2.61 bits per heavy atom. The van der Waals surface area contributed by atoms with Crippen LogP contribution in [0, 0.1) is 0 Å². The Morgan fingerprint density at radius 2 is 2.11 bits per heavy atom. The van der Waals surface area contributed by atoms with Crippen molar-refractivity contribution >= 4 is 0 Å². The van der Waals surface area contributed by atoms with Gasteiger partial charge in [0.25, 0.3) is 0 Å². The number of aromatic nitrogens is 4. The Morgan fingerprint density at radius 1 is 1.39 bits per heavy atom. The van der Waals surface area contributed by atoms with Crippen molar-refractivity contribution in [2.45, 2.75) is 32.5 Å². The van der Waals surface area contributed by atoms with Gasteiger partial charge in [-0.3, -0.25) is 4.68 Å². The van der Waals surface area contributed by atoms with Crippen LogP contribution in [0.15, 0.2) is 16.8 Å². The number of halogens is 3. The molecule has 0 bridgehead atoms. The van der Waals surface area contributed by atoms with Gasteiger partial charge in [-0.25, -0.2) is 0 Å². The highest BCUT2D eigenvalue weighted by Gasteiger charge is 2.33. The van der Waals surface area contributed by atoms with Gasteiger partial charge in [0, 0.05) is 12.1 Å². The molecule has 2 heterocycles. The van der Waals surface area contributed by atoms with Gasteiger partial charge >= 0.3 is 6.18 Å². The molecule has 8 heteroatoms. The van der Waals surface area contributed by atoms with E-state index in [0.29, 0.717) is 11.7 Å². The summed E-state index contributed by atoms with van der Waals surface area (Å²) in [7, 11) is 0. The zero-order chi connectivity index (χ0) is 13.3.